The predicted molar refractivity (Wildman–Crippen MR) is 111 cm³/mol. The average Bonchev–Trinajstić information content (AvgIpc) is 3.21. The van der Waals surface area contributed by atoms with Crippen LogP contribution in [0.1, 0.15) is 37.0 Å². The van der Waals surface area contributed by atoms with Crippen molar-refractivity contribution in [1.29, 1.82) is 0 Å². The zero-order chi connectivity index (χ0) is 19.9. The van der Waals surface area contributed by atoms with Crippen LogP contribution in [0.4, 0.5) is 11.4 Å². The molecule has 0 aliphatic carbocycles. The van der Waals surface area contributed by atoms with Crippen molar-refractivity contribution in [3.63, 3.8) is 0 Å². The number of benzene rings is 2. The summed E-state index contributed by atoms with van der Waals surface area (Å²) < 4.78 is 5.48. The molecule has 0 bridgehead atoms. The van der Waals surface area contributed by atoms with Crippen LogP contribution in [0.5, 0.6) is 5.75 Å². The lowest BCUT2D eigenvalue weighted by Gasteiger charge is -2.22. The zero-order valence-corrected chi connectivity index (χ0v) is 16.4. The van der Waals surface area contributed by atoms with Crippen LogP contribution in [-0.4, -0.2) is 37.6 Å². The first-order valence-corrected chi connectivity index (χ1v) is 9.70. The molecule has 1 aliphatic rings. The van der Waals surface area contributed by atoms with Crippen LogP contribution in [0.15, 0.2) is 48.5 Å². The fraction of sp³-hybridized carbons (Fsp3) is 0.364. The Balaban J connectivity index is 1.72. The highest BCUT2D eigenvalue weighted by atomic mass is 16.5. The molecule has 0 unspecified atom stereocenters. The number of carbonyl (C=O) groups is 2. The van der Waals surface area contributed by atoms with Gasteiger partial charge in [-0.3, -0.25) is 9.59 Å². The quantitative estimate of drug-likeness (QED) is 0.771. The summed E-state index contributed by atoms with van der Waals surface area (Å²) in [7, 11) is 0. The van der Waals surface area contributed by atoms with Crippen molar-refractivity contribution in [3.8, 4) is 5.75 Å². The molecule has 28 heavy (non-hydrogen) atoms. The normalized spacial score (nSPS) is 13.5. The molecule has 1 aliphatic heterocycles. The highest BCUT2D eigenvalue weighted by Gasteiger charge is 2.21. The molecule has 6 heteroatoms. The lowest BCUT2D eigenvalue weighted by Crippen LogP contribution is -2.32. The predicted octanol–water partition coefficient (Wildman–Crippen LogP) is 3.44. The first kappa shape index (κ1) is 19.7. The summed E-state index contributed by atoms with van der Waals surface area (Å²) in [4.78, 5) is 27.2. The maximum Gasteiger partial charge on any atom is 0.262 e. The van der Waals surface area contributed by atoms with Gasteiger partial charge in [0, 0.05) is 30.5 Å². The number of hydrogen-bond donors (Lipinski definition) is 2. The highest BCUT2D eigenvalue weighted by Crippen LogP contribution is 2.27. The summed E-state index contributed by atoms with van der Waals surface area (Å²) in [5, 5.41) is 5.76. The van der Waals surface area contributed by atoms with E-state index in [9.17, 15) is 9.59 Å². The number of amides is 2. The number of ether oxygens (including phenoxy) is 1. The van der Waals surface area contributed by atoms with Crippen molar-refractivity contribution in [2.45, 2.75) is 32.7 Å². The van der Waals surface area contributed by atoms with Gasteiger partial charge in [-0.15, -0.1) is 0 Å². The minimum atomic E-state index is -0.270. The van der Waals surface area contributed by atoms with Crippen molar-refractivity contribution < 1.29 is 14.3 Å². The van der Waals surface area contributed by atoms with Crippen molar-refractivity contribution in [2.24, 2.45) is 0 Å². The van der Waals surface area contributed by atoms with Gasteiger partial charge in [0.25, 0.3) is 11.8 Å². The smallest absolute Gasteiger partial charge is 0.262 e. The fourth-order valence-electron chi connectivity index (χ4n) is 3.23. The third-order valence-electron chi connectivity index (χ3n) is 4.50. The molecule has 2 N–H and O–H groups in total. The van der Waals surface area contributed by atoms with E-state index in [4.69, 9.17) is 4.74 Å². The summed E-state index contributed by atoms with van der Waals surface area (Å²) in [6.45, 7) is 5.66. The molecule has 0 aromatic heterocycles. The van der Waals surface area contributed by atoms with E-state index < -0.39 is 0 Å². The van der Waals surface area contributed by atoms with Crippen molar-refractivity contribution in [2.75, 3.05) is 29.9 Å². The second kappa shape index (κ2) is 9.26. The Morgan fingerprint density at radius 3 is 2.46 bits per heavy atom. The van der Waals surface area contributed by atoms with Gasteiger partial charge in [-0.1, -0.05) is 18.2 Å². The van der Waals surface area contributed by atoms with Gasteiger partial charge in [-0.25, -0.2) is 0 Å². The van der Waals surface area contributed by atoms with Crippen LogP contribution in [0, 0.1) is 0 Å². The van der Waals surface area contributed by atoms with Gasteiger partial charge < -0.3 is 20.3 Å². The number of hydrogen-bond acceptors (Lipinski definition) is 4. The molecular weight excluding hydrogens is 354 g/mol. The molecule has 1 saturated heterocycles. The largest absolute Gasteiger partial charge is 0.484 e. The molecule has 148 valence electrons. The Morgan fingerprint density at radius 2 is 1.79 bits per heavy atom. The molecule has 2 amide bonds. The molecule has 0 atom stereocenters. The Labute approximate surface area is 165 Å². The van der Waals surface area contributed by atoms with E-state index in [0.717, 1.165) is 31.6 Å². The topological polar surface area (TPSA) is 70.7 Å². The minimum Gasteiger partial charge on any atom is -0.484 e. The number of anilines is 2. The first-order chi connectivity index (χ1) is 13.5. The molecule has 0 spiro atoms. The molecule has 2 aromatic carbocycles. The molecule has 0 saturated carbocycles. The second-order valence-electron chi connectivity index (χ2n) is 7.20. The van der Waals surface area contributed by atoms with E-state index in [2.05, 4.69) is 15.5 Å². The van der Waals surface area contributed by atoms with Crippen LogP contribution in [0.3, 0.4) is 0 Å². The number of carbonyl (C=O) groups excluding carboxylic acids is 2. The second-order valence-corrected chi connectivity index (χ2v) is 7.20. The van der Waals surface area contributed by atoms with Gasteiger partial charge in [0.1, 0.15) is 5.75 Å². The maximum absolute atomic E-state index is 12.7. The van der Waals surface area contributed by atoms with Gasteiger partial charge in [-0.05, 0) is 57.0 Å². The Hall–Kier alpha value is -3.02. The number of nitrogens with zero attached hydrogens (tertiary/aromatic N) is 1. The molecule has 1 heterocycles. The van der Waals surface area contributed by atoms with E-state index in [1.807, 2.05) is 44.2 Å². The summed E-state index contributed by atoms with van der Waals surface area (Å²) in [5.41, 5.74) is 2.07. The SMILES string of the molecule is CC(C)NC(=O)c1cc(NC(=O)COc2ccccc2)ccc1N1CCCC1. The fourth-order valence-corrected chi connectivity index (χ4v) is 3.23. The van der Waals surface area contributed by atoms with Crippen LogP contribution in [0.25, 0.3) is 0 Å². The van der Waals surface area contributed by atoms with Gasteiger partial charge in [0.05, 0.1) is 5.56 Å². The standard InChI is InChI=1S/C22H27N3O3/c1-16(2)23-22(27)19-14-17(10-11-20(19)25-12-6-7-13-25)24-21(26)15-28-18-8-4-3-5-9-18/h3-5,8-11,14,16H,6-7,12-13,15H2,1-2H3,(H,23,27)(H,24,26). The zero-order valence-electron chi connectivity index (χ0n) is 16.4. The van der Waals surface area contributed by atoms with E-state index >= 15 is 0 Å². The maximum atomic E-state index is 12.7. The lowest BCUT2D eigenvalue weighted by molar-refractivity contribution is -0.118. The van der Waals surface area contributed by atoms with Gasteiger partial charge >= 0.3 is 0 Å². The lowest BCUT2D eigenvalue weighted by atomic mass is 10.1. The van der Waals surface area contributed by atoms with Crippen LogP contribution in [0.2, 0.25) is 0 Å². The number of rotatable bonds is 7. The van der Waals surface area contributed by atoms with Gasteiger partial charge in [0.15, 0.2) is 6.61 Å². The van der Waals surface area contributed by atoms with Crippen LogP contribution >= 0.6 is 0 Å². The van der Waals surface area contributed by atoms with Gasteiger partial charge in [-0.2, -0.15) is 0 Å². The summed E-state index contributed by atoms with van der Waals surface area (Å²) in [6, 6.07) is 14.7. The summed E-state index contributed by atoms with van der Waals surface area (Å²) >= 11 is 0. The third-order valence-corrected chi connectivity index (χ3v) is 4.50. The van der Waals surface area contributed by atoms with Crippen molar-refractivity contribution >= 4 is 23.2 Å². The molecule has 6 nitrogen and oxygen atoms in total. The van der Waals surface area contributed by atoms with Gasteiger partial charge in [0.2, 0.25) is 0 Å². The molecule has 1 fully saturated rings. The molecule has 2 aromatic rings. The number of nitrogens with one attached hydrogen (secondary N) is 2. The monoisotopic (exact) mass is 381 g/mol. The Bertz CT molecular complexity index is 815. The van der Waals surface area contributed by atoms with Crippen molar-refractivity contribution in [1.82, 2.24) is 5.32 Å². The average molecular weight is 381 g/mol. The van der Waals surface area contributed by atoms with E-state index in [1.54, 1.807) is 18.2 Å². The Morgan fingerprint density at radius 1 is 1.07 bits per heavy atom. The Kier molecular flexibility index (Phi) is 6.53. The minimum absolute atomic E-state index is 0.0384. The first-order valence-electron chi connectivity index (χ1n) is 9.70. The highest BCUT2D eigenvalue weighted by molar-refractivity contribution is 6.02. The van der Waals surface area contributed by atoms with Crippen molar-refractivity contribution in [3.05, 3.63) is 54.1 Å². The number of para-hydroxylation sites is 1. The van der Waals surface area contributed by atoms with Crippen LogP contribution < -0.4 is 20.3 Å². The molecular formula is C22H27N3O3. The van der Waals surface area contributed by atoms with Crippen LogP contribution in [-0.2, 0) is 4.79 Å². The van der Waals surface area contributed by atoms with E-state index in [-0.39, 0.29) is 24.5 Å². The molecule has 3 rings (SSSR count). The van der Waals surface area contributed by atoms with E-state index in [0.29, 0.717) is 17.0 Å². The summed E-state index contributed by atoms with van der Waals surface area (Å²) in [5.74, 6) is 0.237. The third kappa shape index (κ3) is 5.25. The summed E-state index contributed by atoms with van der Waals surface area (Å²) in [6.07, 6.45) is 2.25. The van der Waals surface area contributed by atoms with E-state index in [1.165, 1.54) is 0 Å². The molecule has 0 radical (unpaired) electrons.